The largest absolute Gasteiger partial charge is 0.494 e. The van der Waals surface area contributed by atoms with E-state index in [9.17, 15) is 13.2 Å². The van der Waals surface area contributed by atoms with Gasteiger partial charge in [-0.15, -0.1) is 0 Å². The molecule has 0 saturated carbocycles. The maximum absolute atomic E-state index is 11.4. The molecule has 0 heterocycles. The molecule has 0 radical (unpaired) electrons. The molecule has 3 N–H and O–H groups in total. The van der Waals surface area contributed by atoms with Crippen molar-refractivity contribution in [3.63, 3.8) is 0 Å². The van der Waals surface area contributed by atoms with Crippen LogP contribution in [-0.2, 0) is 14.6 Å². The van der Waals surface area contributed by atoms with E-state index >= 15 is 0 Å². The molecule has 6 nitrogen and oxygen atoms in total. The summed E-state index contributed by atoms with van der Waals surface area (Å²) in [6.07, 6.45) is 2.24. The summed E-state index contributed by atoms with van der Waals surface area (Å²) in [5.41, 5.74) is 4.53. The Labute approximate surface area is 124 Å². The number of carboxylic acids is 1. The van der Waals surface area contributed by atoms with Gasteiger partial charge in [0.2, 0.25) is 0 Å². The molecule has 1 unspecified atom stereocenters. The number of hydrogen-bond donors (Lipinski definition) is 2. The molecule has 21 heavy (non-hydrogen) atoms. The smallest absolute Gasteiger partial charge is 0.323 e. The first-order chi connectivity index (χ1) is 9.69. The third kappa shape index (κ3) is 5.02. The van der Waals surface area contributed by atoms with Gasteiger partial charge in [-0.3, -0.25) is 4.79 Å². The van der Waals surface area contributed by atoms with Gasteiger partial charge in [0, 0.05) is 6.26 Å². The number of rotatable bonds is 8. The molecule has 7 heteroatoms. The van der Waals surface area contributed by atoms with Gasteiger partial charge < -0.3 is 15.6 Å². The second-order valence-electron chi connectivity index (χ2n) is 5.01. The van der Waals surface area contributed by atoms with Crippen LogP contribution in [0.2, 0.25) is 0 Å². The Balaban J connectivity index is 2.56. The number of ether oxygens (including phenoxy) is 1. The van der Waals surface area contributed by atoms with E-state index in [0.717, 1.165) is 6.26 Å². The minimum Gasteiger partial charge on any atom is -0.494 e. The van der Waals surface area contributed by atoms with E-state index in [2.05, 4.69) is 0 Å². The van der Waals surface area contributed by atoms with E-state index in [1.807, 2.05) is 0 Å². The Morgan fingerprint density at radius 3 is 2.62 bits per heavy atom. The topological polar surface area (TPSA) is 107 Å². The Kier molecular flexibility index (Phi) is 5.74. The van der Waals surface area contributed by atoms with Crippen molar-refractivity contribution in [3.8, 4) is 5.75 Å². The van der Waals surface area contributed by atoms with Crippen LogP contribution in [0.3, 0.4) is 0 Å². The lowest BCUT2D eigenvalue weighted by molar-refractivity contribution is -0.143. The molecule has 0 aliphatic heterocycles. The van der Waals surface area contributed by atoms with Crippen molar-refractivity contribution in [2.75, 3.05) is 12.9 Å². The summed E-state index contributed by atoms with van der Waals surface area (Å²) in [5.74, 6) is -0.587. The number of nitrogens with two attached hydrogens (primary N) is 1. The minimum absolute atomic E-state index is 0.187. The van der Waals surface area contributed by atoms with Crippen LogP contribution in [0.1, 0.15) is 26.2 Å². The Morgan fingerprint density at radius 2 is 2.10 bits per heavy atom. The van der Waals surface area contributed by atoms with Gasteiger partial charge in [-0.2, -0.15) is 0 Å². The van der Waals surface area contributed by atoms with E-state index in [-0.39, 0.29) is 11.5 Å². The zero-order valence-corrected chi connectivity index (χ0v) is 13.0. The van der Waals surface area contributed by atoms with Crippen LogP contribution < -0.4 is 10.5 Å². The van der Waals surface area contributed by atoms with Crippen molar-refractivity contribution in [3.05, 3.63) is 24.3 Å². The van der Waals surface area contributed by atoms with Gasteiger partial charge in [-0.25, -0.2) is 8.42 Å². The number of benzene rings is 1. The van der Waals surface area contributed by atoms with Crippen LogP contribution in [0, 0.1) is 0 Å². The average molecular weight is 315 g/mol. The van der Waals surface area contributed by atoms with E-state index in [0.29, 0.717) is 25.0 Å². The Bertz CT molecular complexity index is 599. The van der Waals surface area contributed by atoms with E-state index < -0.39 is 21.3 Å². The molecule has 1 atom stereocenters. The molecule has 0 bridgehead atoms. The molecule has 0 amide bonds. The van der Waals surface area contributed by atoms with E-state index in [4.69, 9.17) is 15.6 Å². The highest BCUT2D eigenvalue weighted by molar-refractivity contribution is 7.90. The average Bonchev–Trinajstić information content (AvgIpc) is 2.42. The summed E-state index contributed by atoms with van der Waals surface area (Å²) >= 11 is 0. The summed E-state index contributed by atoms with van der Waals surface area (Å²) in [6.45, 7) is 2.00. The second kappa shape index (κ2) is 6.91. The van der Waals surface area contributed by atoms with Gasteiger partial charge in [0.15, 0.2) is 9.84 Å². The van der Waals surface area contributed by atoms with Gasteiger partial charge in [-0.1, -0.05) is 13.0 Å². The molecule has 0 aliphatic carbocycles. The van der Waals surface area contributed by atoms with Gasteiger partial charge in [-0.05, 0) is 37.5 Å². The highest BCUT2D eigenvalue weighted by Gasteiger charge is 2.30. The third-order valence-electron chi connectivity index (χ3n) is 3.33. The predicted octanol–water partition coefficient (Wildman–Crippen LogP) is 1.44. The monoisotopic (exact) mass is 315 g/mol. The summed E-state index contributed by atoms with van der Waals surface area (Å²) in [4.78, 5) is 11.2. The number of sulfone groups is 1. The van der Waals surface area contributed by atoms with Crippen LogP contribution >= 0.6 is 0 Å². The lowest BCUT2D eigenvalue weighted by atomic mass is 9.92. The standard InChI is InChI=1S/C14H21NO5S/c1-3-14(15,13(16)17)8-5-9-20-11-6-4-7-12(10-11)21(2,18)19/h4,6-7,10H,3,5,8-9,15H2,1-2H3,(H,16,17). The van der Waals surface area contributed by atoms with Crippen molar-refractivity contribution in [1.82, 2.24) is 0 Å². The molecule has 1 aromatic rings. The van der Waals surface area contributed by atoms with Gasteiger partial charge in [0.25, 0.3) is 0 Å². The molecular weight excluding hydrogens is 294 g/mol. The normalized spacial score (nSPS) is 14.4. The molecule has 0 fully saturated rings. The van der Waals surface area contributed by atoms with Crippen LogP contribution in [0.4, 0.5) is 0 Å². The number of carbonyl (C=O) groups is 1. The SMILES string of the molecule is CCC(N)(CCCOc1cccc(S(C)(=O)=O)c1)C(=O)O. The van der Waals surface area contributed by atoms with Crippen molar-refractivity contribution < 1.29 is 23.1 Å². The molecule has 0 aliphatic rings. The number of carboxylic acid groups (broad SMARTS) is 1. The molecule has 0 saturated heterocycles. The summed E-state index contributed by atoms with van der Waals surface area (Å²) in [5, 5.41) is 9.04. The fourth-order valence-electron chi connectivity index (χ4n) is 1.81. The van der Waals surface area contributed by atoms with Crippen molar-refractivity contribution in [2.45, 2.75) is 36.6 Å². The molecule has 0 aromatic heterocycles. The maximum atomic E-state index is 11.4. The number of aliphatic carboxylic acids is 1. The summed E-state index contributed by atoms with van der Waals surface area (Å²) in [7, 11) is -3.27. The molecule has 1 aromatic carbocycles. The van der Waals surface area contributed by atoms with Crippen molar-refractivity contribution in [1.29, 1.82) is 0 Å². The summed E-state index contributed by atoms with van der Waals surface area (Å²) < 4.78 is 28.3. The highest BCUT2D eigenvalue weighted by Crippen LogP contribution is 2.19. The lowest BCUT2D eigenvalue weighted by Gasteiger charge is -2.22. The number of hydrogen-bond acceptors (Lipinski definition) is 5. The Morgan fingerprint density at radius 1 is 1.43 bits per heavy atom. The molecule has 1 rings (SSSR count). The van der Waals surface area contributed by atoms with Crippen LogP contribution in [0.25, 0.3) is 0 Å². The van der Waals surface area contributed by atoms with Crippen LogP contribution in [-0.4, -0.2) is 37.9 Å². The third-order valence-corrected chi connectivity index (χ3v) is 4.44. The fraction of sp³-hybridized carbons (Fsp3) is 0.500. The van der Waals surface area contributed by atoms with Gasteiger partial charge >= 0.3 is 5.97 Å². The van der Waals surface area contributed by atoms with Crippen molar-refractivity contribution >= 4 is 15.8 Å². The maximum Gasteiger partial charge on any atom is 0.323 e. The van der Waals surface area contributed by atoms with Crippen LogP contribution in [0.15, 0.2) is 29.2 Å². The summed E-state index contributed by atoms with van der Waals surface area (Å²) in [6, 6.07) is 6.19. The van der Waals surface area contributed by atoms with Crippen molar-refractivity contribution in [2.24, 2.45) is 5.73 Å². The van der Waals surface area contributed by atoms with E-state index in [1.165, 1.54) is 12.1 Å². The quantitative estimate of drug-likeness (QED) is 0.703. The molecule has 0 spiro atoms. The highest BCUT2D eigenvalue weighted by atomic mass is 32.2. The van der Waals surface area contributed by atoms with Gasteiger partial charge in [0.05, 0.1) is 11.5 Å². The first kappa shape index (κ1) is 17.5. The first-order valence-corrected chi connectivity index (χ1v) is 8.53. The van der Waals surface area contributed by atoms with Crippen LogP contribution in [0.5, 0.6) is 5.75 Å². The fourth-order valence-corrected chi connectivity index (χ4v) is 2.46. The lowest BCUT2D eigenvalue weighted by Crippen LogP contribution is -2.47. The zero-order chi connectivity index (χ0) is 16.1. The zero-order valence-electron chi connectivity index (χ0n) is 12.2. The second-order valence-corrected chi connectivity index (χ2v) is 7.03. The van der Waals surface area contributed by atoms with Gasteiger partial charge in [0.1, 0.15) is 11.3 Å². The Hall–Kier alpha value is -1.60. The minimum atomic E-state index is -3.27. The molecular formula is C14H21NO5S. The molecule has 118 valence electrons. The van der Waals surface area contributed by atoms with E-state index in [1.54, 1.807) is 19.1 Å². The predicted molar refractivity (Wildman–Crippen MR) is 79.1 cm³/mol. The first-order valence-electron chi connectivity index (χ1n) is 6.64.